The van der Waals surface area contributed by atoms with Gasteiger partial charge >= 0.3 is 12.5 Å². The number of hydrogen-bond donors (Lipinski definition) is 2. The maximum atomic E-state index is 14.1. The molecule has 4 rings (SSSR count). The zero-order valence-electron chi connectivity index (χ0n) is 18.5. The number of alkyl halides is 6. The number of hydrogen-bond acceptors (Lipinski definition) is 8. The molecule has 17 heteroatoms. The summed E-state index contributed by atoms with van der Waals surface area (Å²) < 4.78 is 88.2. The third-order valence-corrected chi connectivity index (χ3v) is 6.26. The molecule has 0 spiro atoms. The summed E-state index contributed by atoms with van der Waals surface area (Å²) in [5.41, 5.74) is -0.767. The Bertz CT molecular complexity index is 1350. The van der Waals surface area contributed by atoms with Crippen LogP contribution in [0.2, 0.25) is 10.0 Å². The Labute approximate surface area is 223 Å². The molecule has 8 nitrogen and oxygen atoms in total. The van der Waals surface area contributed by atoms with Crippen molar-refractivity contribution in [2.75, 3.05) is 11.1 Å². The minimum absolute atomic E-state index is 0.00621. The van der Waals surface area contributed by atoms with E-state index in [0.29, 0.717) is 0 Å². The molecule has 0 saturated heterocycles. The van der Waals surface area contributed by atoms with E-state index in [0.717, 1.165) is 36.0 Å². The largest absolute Gasteiger partial charge is 0.573 e. The summed E-state index contributed by atoms with van der Waals surface area (Å²) in [5, 5.41) is 13.5. The smallest absolute Gasteiger partial charge is 0.410 e. The molecule has 0 saturated carbocycles. The van der Waals surface area contributed by atoms with Crippen molar-refractivity contribution in [1.29, 1.82) is 0 Å². The van der Waals surface area contributed by atoms with E-state index in [-0.39, 0.29) is 43.9 Å². The average molecular weight is 600 g/mol. The number of carbonyl (C=O) groups is 1. The van der Waals surface area contributed by atoms with Crippen LogP contribution in [-0.4, -0.2) is 40.1 Å². The monoisotopic (exact) mass is 599 g/mol. The van der Waals surface area contributed by atoms with Gasteiger partial charge < -0.3 is 14.5 Å². The molecular formula is C21H13Cl2F6N5O3S. The third-order valence-electron chi connectivity index (χ3n) is 5.01. The molecular weight excluding hydrogens is 587 g/mol. The number of thioether (sulfide) groups is 1. The fraction of sp³-hybridized carbons (Fsp3) is 0.238. The molecule has 2 N–H and O–H groups in total. The fourth-order valence-electron chi connectivity index (χ4n) is 3.36. The van der Waals surface area contributed by atoms with E-state index >= 15 is 0 Å². The standard InChI is InChI=1S/C21H13Cl2F6N5O3S/c22-11-5-10(6-12(23)7-11)19(20(24,25)26)8-15(31-34-19)17-32-33-18(36-17)38-9-16(35)30-13-1-3-14(4-2-13)37-21(27,28)29/h1-7,34H,8-9H2,(H,30,35). The van der Waals surface area contributed by atoms with Crippen molar-refractivity contribution >= 4 is 52.3 Å². The van der Waals surface area contributed by atoms with Crippen LogP contribution in [0.4, 0.5) is 32.0 Å². The lowest BCUT2D eigenvalue weighted by Crippen LogP contribution is -2.49. The Morgan fingerprint density at radius 3 is 2.34 bits per heavy atom. The maximum absolute atomic E-state index is 14.1. The van der Waals surface area contributed by atoms with Gasteiger partial charge in [0.2, 0.25) is 5.91 Å². The van der Waals surface area contributed by atoms with Crippen LogP contribution in [0.1, 0.15) is 17.9 Å². The van der Waals surface area contributed by atoms with Crippen molar-refractivity contribution in [2.45, 2.75) is 29.7 Å². The summed E-state index contributed by atoms with van der Waals surface area (Å²) in [6.07, 6.45) is -10.4. The normalized spacial score (nSPS) is 17.6. The van der Waals surface area contributed by atoms with Gasteiger partial charge in [-0.1, -0.05) is 35.0 Å². The minimum Gasteiger partial charge on any atom is -0.410 e. The van der Waals surface area contributed by atoms with Crippen molar-refractivity contribution in [2.24, 2.45) is 5.10 Å². The van der Waals surface area contributed by atoms with E-state index in [4.69, 9.17) is 27.6 Å². The van der Waals surface area contributed by atoms with Gasteiger partial charge in [-0.05, 0) is 48.0 Å². The second-order valence-corrected chi connectivity index (χ2v) is 9.49. The van der Waals surface area contributed by atoms with Crippen molar-refractivity contribution in [3.63, 3.8) is 0 Å². The first kappa shape index (κ1) is 27.9. The topological polar surface area (TPSA) is 102 Å². The molecule has 1 aliphatic heterocycles. The summed E-state index contributed by atoms with van der Waals surface area (Å²) in [4.78, 5) is 12.2. The fourth-order valence-corrected chi connectivity index (χ4v) is 4.45. The lowest BCUT2D eigenvalue weighted by atomic mass is 9.85. The van der Waals surface area contributed by atoms with Crippen molar-refractivity contribution in [1.82, 2.24) is 15.6 Å². The van der Waals surface area contributed by atoms with Crippen LogP contribution in [0.3, 0.4) is 0 Å². The number of anilines is 1. The average Bonchev–Trinajstić information content (AvgIpc) is 3.45. The number of halogens is 8. The first-order valence-electron chi connectivity index (χ1n) is 10.2. The molecule has 1 amide bonds. The first-order chi connectivity index (χ1) is 17.7. The number of hydrazone groups is 1. The van der Waals surface area contributed by atoms with Crippen LogP contribution < -0.4 is 15.5 Å². The molecule has 1 atom stereocenters. The molecule has 0 fully saturated rings. The van der Waals surface area contributed by atoms with Gasteiger partial charge in [0.1, 0.15) is 11.5 Å². The molecule has 2 heterocycles. The second-order valence-electron chi connectivity index (χ2n) is 7.69. The third kappa shape index (κ3) is 6.45. The van der Waals surface area contributed by atoms with E-state index in [1.54, 1.807) is 0 Å². The predicted octanol–water partition coefficient (Wildman–Crippen LogP) is 6.16. The highest BCUT2D eigenvalue weighted by Crippen LogP contribution is 2.46. The summed E-state index contributed by atoms with van der Waals surface area (Å²) in [7, 11) is 0. The SMILES string of the molecule is O=C(CSc1nnc(C2=NNC(c3cc(Cl)cc(Cl)c3)(C(F)(F)F)C2)o1)Nc1ccc(OC(F)(F)F)cc1. The van der Waals surface area contributed by atoms with Crippen LogP contribution in [0.5, 0.6) is 5.75 Å². The number of carbonyl (C=O) groups excluding carboxylic acids is 1. The Morgan fingerprint density at radius 1 is 1.08 bits per heavy atom. The molecule has 1 aromatic heterocycles. The highest BCUT2D eigenvalue weighted by atomic mass is 35.5. The number of nitrogens with one attached hydrogen (secondary N) is 2. The zero-order valence-corrected chi connectivity index (χ0v) is 20.8. The predicted molar refractivity (Wildman–Crippen MR) is 125 cm³/mol. The molecule has 202 valence electrons. The van der Waals surface area contributed by atoms with Crippen LogP contribution in [0.15, 0.2) is 57.2 Å². The van der Waals surface area contributed by atoms with Crippen LogP contribution in [-0.2, 0) is 10.3 Å². The Balaban J connectivity index is 1.38. The Morgan fingerprint density at radius 2 is 1.74 bits per heavy atom. The van der Waals surface area contributed by atoms with Gasteiger partial charge in [-0.25, -0.2) is 0 Å². The van der Waals surface area contributed by atoms with Gasteiger partial charge in [0.25, 0.3) is 11.1 Å². The summed E-state index contributed by atoms with van der Waals surface area (Å²) in [6, 6.07) is 8.00. The van der Waals surface area contributed by atoms with Gasteiger partial charge in [0, 0.05) is 22.2 Å². The van der Waals surface area contributed by atoms with Gasteiger partial charge in [0.15, 0.2) is 5.54 Å². The summed E-state index contributed by atoms with van der Waals surface area (Å²) in [5.74, 6) is -1.56. The number of amides is 1. The minimum atomic E-state index is -4.85. The quantitative estimate of drug-likeness (QED) is 0.248. The van der Waals surface area contributed by atoms with E-state index in [9.17, 15) is 31.1 Å². The van der Waals surface area contributed by atoms with E-state index < -0.39 is 36.2 Å². The lowest BCUT2D eigenvalue weighted by molar-refractivity contribution is -0.274. The number of rotatable bonds is 7. The maximum Gasteiger partial charge on any atom is 0.573 e. The second kappa shape index (κ2) is 10.5. The Kier molecular flexibility index (Phi) is 7.72. The Hall–Kier alpha value is -3.17. The van der Waals surface area contributed by atoms with Crippen molar-refractivity contribution < 1.29 is 40.3 Å². The lowest BCUT2D eigenvalue weighted by Gasteiger charge is -2.31. The van der Waals surface area contributed by atoms with Crippen LogP contribution >= 0.6 is 35.0 Å². The van der Waals surface area contributed by atoms with Crippen molar-refractivity contribution in [3.05, 3.63) is 64.0 Å². The molecule has 2 aromatic carbocycles. The molecule has 38 heavy (non-hydrogen) atoms. The van der Waals surface area contributed by atoms with Gasteiger partial charge in [0.05, 0.1) is 5.75 Å². The number of ether oxygens (including phenoxy) is 1. The van der Waals surface area contributed by atoms with Gasteiger partial charge in [-0.15, -0.1) is 23.4 Å². The van der Waals surface area contributed by atoms with E-state index in [1.165, 1.54) is 18.2 Å². The van der Waals surface area contributed by atoms with Crippen LogP contribution in [0, 0.1) is 0 Å². The van der Waals surface area contributed by atoms with Gasteiger partial charge in [-0.3, -0.25) is 10.2 Å². The summed E-state index contributed by atoms with van der Waals surface area (Å²) >= 11 is 12.6. The van der Waals surface area contributed by atoms with Crippen LogP contribution in [0.25, 0.3) is 0 Å². The highest BCUT2D eigenvalue weighted by Gasteiger charge is 2.60. The van der Waals surface area contributed by atoms with E-state index in [1.807, 2.05) is 0 Å². The first-order valence-corrected chi connectivity index (χ1v) is 12.0. The number of benzene rings is 2. The number of nitrogens with zero attached hydrogens (tertiary/aromatic N) is 3. The van der Waals surface area contributed by atoms with Crippen molar-refractivity contribution in [3.8, 4) is 5.75 Å². The molecule has 0 aliphatic carbocycles. The molecule has 1 aliphatic rings. The molecule has 3 aromatic rings. The number of aromatic nitrogens is 2. The molecule has 0 bridgehead atoms. The van der Waals surface area contributed by atoms with E-state index in [2.05, 4.69) is 30.8 Å². The zero-order chi connectivity index (χ0) is 27.7. The molecule has 0 radical (unpaired) electrons. The summed E-state index contributed by atoms with van der Waals surface area (Å²) in [6.45, 7) is 0. The van der Waals surface area contributed by atoms with Gasteiger partial charge in [-0.2, -0.15) is 18.3 Å². The highest BCUT2D eigenvalue weighted by molar-refractivity contribution is 7.99. The molecule has 1 unspecified atom stereocenters.